The highest BCUT2D eigenvalue weighted by atomic mass is 16.1. The van der Waals surface area contributed by atoms with Crippen LogP contribution in [0, 0.1) is 5.92 Å². The fourth-order valence-corrected chi connectivity index (χ4v) is 3.74. The van der Waals surface area contributed by atoms with Crippen molar-refractivity contribution in [3.8, 4) is 0 Å². The summed E-state index contributed by atoms with van der Waals surface area (Å²) in [6, 6.07) is 6.43. The Morgan fingerprint density at radius 1 is 1.30 bits per heavy atom. The molecule has 1 N–H and O–H groups in total. The van der Waals surface area contributed by atoms with Crippen LogP contribution in [-0.2, 0) is 17.9 Å². The van der Waals surface area contributed by atoms with Crippen LogP contribution in [0.3, 0.4) is 0 Å². The number of likely N-dealkylation sites (tertiary alicyclic amines) is 1. The minimum atomic E-state index is 0.147. The van der Waals surface area contributed by atoms with E-state index in [1.54, 1.807) is 12.4 Å². The predicted octanol–water partition coefficient (Wildman–Crippen LogP) is 2.87. The molecule has 2 aromatic rings. The average molecular weight is 370 g/mol. The first-order valence-electron chi connectivity index (χ1n) is 10.1. The Bertz CT molecular complexity index is 665. The summed E-state index contributed by atoms with van der Waals surface area (Å²) in [6.45, 7) is 6.14. The van der Waals surface area contributed by atoms with E-state index in [1.165, 1.54) is 12.8 Å². The highest BCUT2D eigenvalue weighted by Crippen LogP contribution is 2.24. The van der Waals surface area contributed by atoms with Crippen molar-refractivity contribution in [3.63, 3.8) is 0 Å². The molecule has 1 saturated heterocycles. The van der Waals surface area contributed by atoms with Gasteiger partial charge in [0, 0.05) is 50.3 Å². The Balaban J connectivity index is 1.29. The zero-order valence-corrected chi connectivity index (χ0v) is 16.3. The van der Waals surface area contributed by atoms with E-state index in [-0.39, 0.29) is 5.91 Å². The molecule has 27 heavy (non-hydrogen) atoms. The van der Waals surface area contributed by atoms with Gasteiger partial charge in [0.25, 0.3) is 0 Å². The number of nitrogens with one attached hydrogen (secondary N) is 1. The number of pyridine rings is 1. The van der Waals surface area contributed by atoms with Crippen LogP contribution in [0.25, 0.3) is 0 Å². The van der Waals surface area contributed by atoms with Crippen LogP contribution in [0.5, 0.6) is 0 Å². The molecule has 1 aliphatic rings. The van der Waals surface area contributed by atoms with Crippen LogP contribution < -0.4 is 5.32 Å². The van der Waals surface area contributed by atoms with Crippen molar-refractivity contribution in [2.24, 2.45) is 5.92 Å². The number of aromatic nitrogens is 3. The number of amides is 1. The summed E-state index contributed by atoms with van der Waals surface area (Å²) in [5.74, 6) is 0.817. The second-order valence-electron chi connectivity index (χ2n) is 7.56. The molecule has 1 atom stereocenters. The number of nitrogens with zero attached hydrogens (tertiary/aromatic N) is 4. The topological polar surface area (TPSA) is 63.1 Å². The minimum absolute atomic E-state index is 0.147. The molecule has 146 valence electrons. The van der Waals surface area contributed by atoms with E-state index in [0.29, 0.717) is 24.9 Å². The Kier molecular flexibility index (Phi) is 7.39. The highest BCUT2D eigenvalue weighted by molar-refractivity contribution is 5.75. The molecule has 1 aliphatic heterocycles. The van der Waals surface area contributed by atoms with E-state index in [0.717, 1.165) is 38.0 Å². The summed E-state index contributed by atoms with van der Waals surface area (Å²) in [5, 5.41) is 7.28. The number of hydrogen-bond donors (Lipinski definition) is 1. The quantitative estimate of drug-likeness (QED) is 0.738. The molecular weight excluding hydrogens is 338 g/mol. The Morgan fingerprint density at radius 2 is 2.15 bits per heavy atom. The second-order valence-corrected chi connectivity index (χ2v) is 7.56. The molecule has 0 spiro atoms. The first kappa shape index (κ1) is 19.5. The normalized spacial score (nSPS) is 16.9. The van der Waals surface area contributed by atoms with Gasteiger partial charge in [0.2, 0.25) is 5.91 Å². The van der Waals surface area contributed by atoms with Crippen LogP contribution in [0.15, 0.2) is 43.0 Å². The maximum atomic E-state index is 12.1. The molecule has 0 aromatic carbocycles. The lowest BCUT2D eigenvalue weighted by Crippen LogP contribution is -2.40. The summed E-state index contributed by atoms with van der Waals surface area (Å²) in [6.07, 6.45) is 12.5. The van der Waals surface area contributed by atoms with Gasteiger partial charge in [0.05, 0.1) is 0 Å². The molecule has 2 aromatic heterocycles. The third kappa shape index (κ3) is 6.47. The van der Waals surface area contributed by atoms with Gasteiger partial charge in [-0.15, -0.1) is 0 Å². The van der Waals surface area contributed by atoms with Gasteiger partial charge in [-0.2, -0.15) is 5.10 Å². The molecule has 6 heteroatoms. The first-order chi connectivity index (χ1) is 13.2. The van der Waals surface area contributed by atoms with Gasteiger partial charge < -0.3 is 10.2 Å². The van der Waals surface area contributed by atoms with Gasteiger partial charge in [0.15, 0.2) is 0 Å². The molecular formula is C21H31N5O. The molecule has 1 fully saturated rings. The summed E-state index contributed by atoms with van der Waals surface area (Å²) in [7, 11) is 0. The average Bonchev–Trinajstić information content (AvgIpc) is 3.24. The largest absolute Gasteiger partial charge is 0.352 e. The Hall–Kier alpha value is -2.21. The first-order valence-corrected chi connectivity index (χ1v) is 10.1. The Morgan fingerprint density at radius 3 is 2.85 bits per heavy atom. The Labute approximate surface area is 162 Å². The molecule has 0 saturated carbocycles. The van der Waals surface area contributed by atoms with Crippen molar-refractivity contribution in [3.05, 3.63) is 48.5 Å². The van der Waals surface area contributed by atoms with Crippen LogP contribution in [-0.4, -0.2) is 44.7 Å². The lowest BCUT2D eigenvalue weighted by atomic mass is 9.91. The van der Waals surface area contributed by atoms with E-state index < -0.39 is 0 Å². The predicted molar refractivity (Wildman–Crippen MR) is 106 cm³/mol. The number of carbonyl (C=O) groups excluding carboxylic acids is 1. The van der Waals surface area contributed by atoms with E-state index >= 15 is 0 Å². The van der Waals surface area contributed by atoms with Crippen molar-refractivity contribution < 1.29 is 4.79 Å². The highest BCUT2D eigenvalue weighted by Gasteiger charge is 2.23. The standard InChI is InChI=1S/C21H31N5O/c1-18(7-15-26-12-3-11-24-26)25-13-8-19(9-14-25)5-6-21(27)23-17-20-4-2-10-22-16-20/h2-4,10-12,16,18-19H,5-9,13-15,17H2,1H3,(H,23,27)/t18-/m1/s1. The molecule has 0 unspecified atom stereocenters. The molecule has 0 radical (unpaired) electrons. The number of piperidine rings is 1. The molecule has 3 rings (SSSR count). The van der Waals surface area contributed by atoms with Gasteiger partial charge in [0.1, 0.15) is 0 Å². The van der Waals surface area contributed by atoms with Crippen LogP contribution >= 0.6 is 0 Å². The number of hydrogen-bond acceptors (Lipinski definition) is 4. The van der Waals surface area contributed by atoms with E-state index in [4.69, 9.17) is 0 Å². The third-order valence-corrected chi connectivity index (χ3v) is 5.60. The summed E-state index contributed by atoms with van der Waals surface area (Å²) in [4.78, 5) is 18.7. The smallest absolute Gasteiger partial charge is 0.220 e. The van der Waals surface area contributed by atoms with Crippen molar-refractivity contribution in [2.45, 2.75) is 58.2 Å². The molecule has 3 heterocycles. The van der Waals surface area contributed by atoms with Gasteiger partial charge in [-0.25, -0.2) is 0 Å². The molecule has 1 amide bonds. The SMILES string of the molecule is C[C@H](CCn1cccn1)N1CCC(CCC(=O)NCc2cccnc2)CC1. The van der Waals surface area contributed by atoms with E-state index in [9.17, 15) is 4.79 Å². The maximum Gasteiger partial charge on any atom is 0.220 e. The summed E-state index contributed by atoms with van der Waals surface area (Å²) in [5.41, 5.74) is 1.04. The maximum absolute atomic E-state index is 12.1. The van der Waals surface area contributed by atoms with Gasteiger partial charge in [-0.1, -0.05) is 6.07 Å². The number of aryl methyl sites for hydroxylation is 1. The monoisotopic (exact) mass is 369 g/mol. The lowest BCUT2D eigenvalue weighted by Gasteiger charge is -2.36. The van der Waals surface area contributed by atoms with Gasteiger partial charge >= 0.3 is 0 Å². The van der Waals surface area contributed by atoms with E-state index in [2.05, 4.69) is 27.2 Å². The fraction of sp³-hybridized carbons (Fsp3) is 0.571. The van der Waals surface area contributed by atoms with Crippen molar-refractivity contribution >= 4 is 5.91 Å². The van der Waals surface area contributed by atoms with Gasteiger partial charge in [-0.05, 0) is 69.3 Å². The third-order valence-electron chi connectivity index (χ3n) is 5.60. The van der Waals surface area contributed by atoms with Crippen molar-refractivity contribution in [1.82, 2.24) is 25.0 Å². The fourth-order valence-electron chi connectivity index (χ4n) is 3.74. The number of carbonyl (C=O) groups is 1. The van der Waals surface area contributed by atoms with Crippen LogP contribution in [0.1, 0.15) is 44.6 Å². The second kappa shape index (κ2) is 10.2. The zero-order chi connectivity index (χ0) is 18.9. The van der Waals surface area contributed by atoms with Gasteiger partial charge in [-0.3, -0.25) is 14.5 Å². The number of rotatable bonds is 9. The van der Waals surface area contributed by atoms with E-state index in [1.807, 2.05) is 35.3 Å². The van der Waals surface area contributed by atoms with Crippen molar-refractivity contribution in [1.29, 1.82) is 0 Å². The lowest BCUT2D eigenvalue weighted by molar-refractivity contribution is -0.121. The summed E-state index contributed by atoms with van der Waals surface area (Å²) >= 11 is 0. The van der Waals surface area contributed by atoms with Crippen LogP contribution in [0.2, 0.25) is 0 Å². The molecule has 0 aliphatic carbocycles. The zero-order valence-electron chi connectivity index (χ0n) is 16.3. The minimum Gasteiger partial charge on any atom is -0.352 e. The molecule has 0 bridgehead atoms. The van der Waals surface area contributed by atoms with Crippen molar-refractivity contribution in [2.75, 3.05) is 13.1 Å². The summed E-state index contributed by atoms with van der Waals surface area (Å²) < 4.78 is 2.01. The van der Waals surface area contributed by atoms with Crippen LogP contribution in [0.4, 0.5) is 0 Å². The molecule has 6 nitrogen and oxygen atoms in total.